The number of allylic oxidation sites excluding steroid dienone is 7. The minimum Gasteiger partial charge on any atom is -0.456 e. The largest absolute Gasteiger partial charge is 0.456 e. The third kappa shape index (κ3) is 6.60. The van der Waals surface area contributed by atoms with Gasteiger partial charge in [-0.2, -0.15) is 0 Å². The average Bonchev–Trinajstić information content (AvgIpc) is 3.68. The van der Waals surface area contributed by atoms with E-state index in [0.717, 1.165) is 56.1 Å². The van der Waals surface area contributed by atoms with Gasteiger partial charge in [-0.1, -0.05) is 167 Å². The highest BCUT2D eigenvalue weighted by Gasteiger charge is 2.37. The van der Waals surface area contributed by atoms with Gasteiger partial charge in [-0.3, -0.25) is 4.99 Å². The molecule has 1 atom stereocenters. The van der Waals surface area contributed by atoms with E-state index >= 15 is 0 Å². The Morgan fingerprint density at radius 3 is 2.30 bits per heavy atom. The van der Waals surface area contributed by atoms with Gasteiger partial charge in [-0.05, 0) is 107 Å². The third-order valence-electron chi connectivity index (χ3n) is 11.8. The first-order valence-corrected chi connectivity index (χ1v) is 19.7. The first kappa shape index (κ1) is 36.7. The molecule has 0 amide bonds. The van der Waals surface area contributed by atoms with Crippen LogP contribution in [-0.2, 0) is 5.41 Å². The second-order valence-electron chi connectivity index (χ2n) is 15.9. The summed E-state index contributed by atoms with van der Waals surface area (Å²) < 4.78 is 6.65. The van der Waals surface area contributed by atoms with Crippen LogP contribution in [0.2, 0.25) is 0 Å². The van der Waals surface area contributed by atoms with Crippen molar-refractivity contribution < 1.29 is 4.42 Å². The molecule has 2 heteroatoms. The van der Waals surface area contributed by atoms with Crippen molar-refractivity contribution in [3.05, 3.63) is 202 Å². The van der Waals surface area contributed by atoms with Gasteiger partial charge in [0.15, 0.2) is 0 Å². The maximum absolute atomic E-state index is 6.65. The lowest BCUT2D eigenvalue weighted by atomic mass is 9.81. The molecule has 5 aromatic carbocycles. The normalized spacial score (nSPS) is 18.2. The molecule has 0 bridgehead atoms. The molecule has 1 aromatic heterocycles. The molecule has 6 aromatic rings. The lowest BCUT2D eigenvalue weighted by molar-refractivity contribution is 0.514. The molecular formula is C54H49NO. The fourth-order valence-corrected chi connectivity index (χ4v) is 8.46. The van der Waals surface area contributed by atoms with Crippen molar-refractivity contribution in [2.75, 3.05) is 0 Å². The summed E-state index contributed by atoms with van der Waals surface area (Å²) in [5.74, 6) is 0. The molecule has 0 spiro atoms. The Hall–Kier alpha value is -6.25. The molecule has 1 unspecified atom stereocenters. The number of benzene rings is 5. The van der Waals surface area contributed by atoms with Crippen LogP contribution in [0.4, 0.5) is 0 Å². The Morgan fingerprint density at radius 1 is 0.786 bits per heavy atom. The number of aryl methyl sites for hydroxylation is 1. The molecule has 8 rings (SSSR count). The maximum atomic E-state index is 6.65. The van der Waals surface area contributed by atoms with Crippen LogP contribution in [-0.4, -0.2) is 5.71 Å². The van der Waals surface area contributed by atoms with Gasteiger partial charge in [0.05, 0.1) is 5.71 Å². The van der Waals surface area contributed by atoms with Gasteiger partial charge in [-0.15, -0.1) is 0 Å². The van der Waals surface area contributed by atoms with E-state index in [1.807, 2.05) is 6.07 Å². The molecule has 0 saturated heterocycles. The zero-order chi connectivity index (χ0) is 39.0. The van der Waals surface area contributed by atoms with E-state index in [0.29, 0.717) is 0 Å². The number of nitrogens with zero attached hydrogens (tertiary/aromatic N) is 1. The molecule has 0 aliphatic heterocycles. The zero-order valence-corrected chi connectivity index (χ0v) is 33.4. The van der Waals surface area contributed by atoms with Crippen molar-refractivity contribution in [2.45, 2.75) is 53.4 Å². The predicted octanol–water partition coefficient (Wildman–Crippen LogP) is 12.9. The van der Waals surface area contributed by atoms with Gasteiger partial charge in [0.1, 0.15) is 11.0 Å². The fraction of sp³-hybridized carbons (Fsp3) is 0.167. The molecule has 2 aliphatic rings. The molecule has 0 radical (unpaired) electrons. The van der Waals surface area contributed by atoms with Gasteiger partial charge in [0, 0.05) is 32.7 Å². The molecule has 0 saturated carbocycles. The van der Waals surface area contributed by atoms with Gasteiger partial charge in [0.25, 0.3) is 0 Å². The van der Waals surface area contributed by atoms with Gasteiger partial charge in [-0.25, -0.2) is 0 Å². The first-order chi connectivity index (χ1) is 27.1. The molecule has 1 heterocycles. The Kier molecular flexibility index (Phi) is 9.68. The summed E-state index contributed by atoms with van der Waals surface area (Å²) in [5, 5.41) is 2.15. The van der Waals surface area contributed by atoms with Crippen molar-refractivity contribution in [3.63, 3.8) is 0 Å². The topological polar surface area (TPSA) is 25.5 Å². The van der Waals surface area contributed by atoms with E-state index in [-0.39, 0.29) is 10.8 Å². The Labute approximate surface area is 331 Å². The SMILES string of the molecule is C=C(N=C(/C=C(\C)c1ccccc1)c1ccc2c(=C\C)/c(=C\C=C/c3ccccc3-c3c(C)ccc4c3-c3ccccc3C4(C)C)oc2c1)C1(C)C=CC=CC1. The van der Waals surface area contributed by atoms with Crippen LogP contribution in [0.5, 0.6) is 0 Å². The van der Waals surface area contributed by atoms with Crippen molar-refractivity contribution in [1.29, 1.82) is 0 Å². The van der Waals surface area contributed by atoms with Gasteiger partial charge >= 0.3 is 0 Å². The summed E-state index contributed by atoms with van der Waals surface area (Å²) in [5.41, 5.74) is 16.7. The second-order valence-corrected chi connectivity index (χ2v) is 15.9. The molecule has 0 fully saturated rings. The van der Waals surface area contributed by atoms with Crippen LogP contribution in [0, 0.1) is 12.3 Å². The summed E-state index contributed by atoms with van der Waals surface area (Å²) in [6.07, 6.45) is 20.1. The van der Waals surface area contributed by atoms with Crippen molar-refractivity contribution in [3.8, 4) is 22.3 Å². The highest BCUT2D eigenvalue weighted by atomic mass is 16.3. The number of hydrogen-bond acceptors (Lipinski definition) is 2. The molecule has 2 aliphatic carbocycles. The highest BCUT2D eigenvalue weighted by Crippen LogP contribution is 2.53. The Balaban J connectivity index is 1.19. The van der Waals surface area contributed by atoms with Crippen LogP contribution in [0.1, 0.15) is 74.4 Å². The second kappa shape index (κ2) is 14.8. The predicted molar refractivity (Wildman–Crippen MR) is 240 cm³/mol. The summed E-state index contributed by atoms with van der Waals surface area (Å²) in [4.78, 5) is 5.22. The molecule has 56 heavy (non-hydrogen) atoms. The molecular weight excluding hydrogens is 679 g/mol. The van der Waals surface area contributed by atoms with Gasteiger partial charge in [0.2, 0.25) is 0 Å². The lowest BCUT2D eigenvalue weighted by Gasteiger charge is -2.26. The minimum absolute atomic E-state index is 0.0543. The van der Waals surface area contributed by atoms with Gasteiger partial charge < -0.3 is 4.42 Å². The standard InChI is InChI=1S/C54H49NO/c1-8-42-44-30-29-41(48(34-37(3)39-20-11-9-12-21-39)55-38(4)54(7)32-17-10-18-33-54)35-50(44)56-49(42)27-19-23-40-22-13-14-24-43(40)51-36(2)28-31-47-52(51)45-25-15-16-26-46(45)53(47,5)6/h8-32,34-35H,4,33H2,1-3,5-7H3/b23-19-,37-34+,42-8+,49-27+,55-48?. The molecule has 0 N–H and O–H groups in total. The van der Waals surface area contributed by atoms with Crippen LogP contribution >= 0.6 is 0 Å². The number of rotatable bonds is 8. The smallest absolute Gasteiger partial charge is 0.136 e. The van der Waals surface area contributed by atoms with Crippen LogP contribution in [0.25, 0.3) is 57.0 Å². The lowest BCUT2D eigenvalue weighted by Crippen LogP contribution is -2.18. The number of aliphatic imine (C=N–C) groups is 1. The number of fused-ring (bicyclic) bond motifs is 4. The minimum atomic E-state index is -0.249. The summed E-state index contributed by atoms with van der Waals surface area (Å²) in [6, 6.07) is 39.1. The van der Waals surface area contributed by atoms with Crippen molar-refractivity contribution >= 4 is 40.5 Å². The average molecular weight is 728 g/mol. The summed E-state index contributed by atoms with van der Waals surface area (Å²) in [7, 11) is 0. The third-order valence-corrected chi connectivity index (χ3v) is 11.8. The first-order valence-electron chi connectivity index (χ1n) is 19.7. The monoisotopic (exact) mass is 727 g/mol. The van der Waals surface area contributed by atoms with E-state index in [9.17, 15) is 0 Å². The van der Waals surface area contributed by atoms with Crippen LogP contribution < -0.4 is 10.6 Å². The summed E-state index contributed by atoms with van der Waals surface area (Å²) >= 11 is 0. The van der Waals surface area contributed by atoms with E-state index in [1.165, 1.54) is 44.5 Å². The van der Waals surface area contributed by atoms with Crippen molar-refractivity contribution in [1.82, 2.24) is 0 Å². The number of furan rings is 1. The van der Waals surface area contributed by atoms with E-state index in [1.54, 1.807) is 0 Å². The van der Waals surface area contributed by atoms with E-state index < -0.39 is 0 Å². The summed E-state index contributed by atoms with van der Waals surface area (Å²) in [6.45, 7) is 17.8. The molecule has 2 nitrogen and oxygen atoms in total. The highest BCUT2D eigenvalue weighted by molar-refractivity contribution is 6.13. The van der Waals surface area contributed by atoms with E-state index in [4.69, 9.17) is 9.41 Å². The molecule has 276 valence electrons. The Morgan fingerprint density at radius 2 is 1.54 bits per heavy atom. The quantitative estimate of drug-likeness (QED) is 0.143. The Bertz CT molecular complexity index is 2800. The van der Waals surface area contributed by atoms with Crippen LogP contribution in [0.15, 0.2) is 167 Å². The van der Waals surface area contributed by atoms with E-state index in [2.05, 4.69) is 206 Å². The maximum Gasteiger partial charge on any atom is 0.136 e. The van der Waals surface area contributed by atoms with Crippen molar-refractivity contribution in [2.24, 2.45) is 10.4 Å². The zero-order valence-electron chi connectivity index (χ0n) is 33.4. The number of hydrogen-bond donors (Lipinski definition) is 0. The van der Waals surface area contributed by atoms with Crippen LogP contribution in [0.3, 0.4) is 0 Å². The fourth-order valence-electron chi connectivity index (χ4n) is 8.46.